The summed E-state index contributed by atoms with van der Waals surface area (Å²) in [4.78, 5) is 16.0. The van der Waals surface area contributed by atoms with E-state index in [2.05, 4.69) is 15.6 Å². The summed E-state index contributed by atoms with van der Waals surface area (Å²) in [5.41, 5.74) is 1.38. The summed E-state index contributed by atoms with van der Waals surface area (Å²) in [7, 11) is 1.57. The number of amides is 1. The first-order valence-corrected chi connectivity index (χ1v) is 10.5. The zero-order valence-electron chi connectivity index (χ0n) is 17.4. The Labute approximate surface area is 189 Å². The summed E-state index contributed by atoms with van der Waals surface area (Å²) in [6.45, 7) is 0.436. The average Bonchev–Trinajstić information content (AvgIpc) is 2.79. The Morgan fingerprint density at radius 2 is 1.72 bits per heavy atom. The van der Waals surface area contributed by atoms with Crippen molar-refractivity contribution in [2.45, 2.75) is 24.6 Å². The highest BCUT2D eigenvalue weighted by molar-refractivity contribution is 6.30. The average molecular weight is 462 g/mol. The summed E-state index contributed by atoms with van der Waals surface area (Å²) in [6.07, 6.45) is -2.72. The number of alkyl halides is 3. The molecule has 0 aliphatic carbocycles. The molecule has 1 heterocycles. The van der Waals surface area contributed by atoms with Crippen molar-refractivity contribution in [3.8, 4) is 0 Å². The number of pyridine rings is 1. The van der Waals surface area contributed by atoms with Crippen LogP contribution in [0.1, 0.15) is 40.8 Å². The van der Waals surface area contributed by atoms with E-state index in [1.807, 2.05) is 36.4 Å². The third-order valence-electron chi connectivity index (χ3n) is 5.15. The molecule has 1 amide bonds. The molecule has 3 aromatic rings. The number of aromatic nitrogens is 1. The van der Waals surface area contributed by atoms with Gasteiger partial charge in [-0.05, 0) is 47.9 Å². The molecule has 2 aromatic carbocycles. The maximum atomic E-state index is 12.9. The molecule has 0 aliphatic rings. The molecule has 0 unspecified atom stereocenters. The van der Waals surface area contributed by atoms with Gasteiger partial charge in [0, 0.05) is 24.2 Å². The van der Waals surface area contributed by atoms with Crippen molar-refractivity contribution in [3.63, 3.8) is 0 Å². The van der Waals surface area contributed by atoms with E-state index in [0.29, 0.717) is 23.6 Å². The van der Waals surface area contributed by atoms with E-state index < -0.39 is 17.9 Å². The fourth-order valence-electron chi connectivity index (χ4n) is 3.55. The number of rotatable bonds is 8. The predicted octanol–water partition coefficient (Wildman–Crippen LogP) is 5.35. The standard InChI is InChI=1S/C24H23ClF3N3O/c1-29-23(32)22(16-6-3-2-4-7-16)30-13-12-20(17-8-5-9-19(25)14-17)18-10-11-21(31-15-18)24(26,27)28/h2-11,14-15,20,22,30H,12-13H2,1H3,(H,29,32)/t20-,22+/m0/s1. The van der Waals surface area contributed by atoms with Gasteiger partial charge in [-0.15, -0.1) is 0 Å². The Morgan fingerprint density at radius 1 is 1.00 bits per heavy atom. The van der Waals surface area contributed by atoms with E-state index in [1.165, 1.54) is 12.3 Å². The van der Waals surface area contributed by atoms with Crippen molar-refractivity contribution in [2.75, 3.05) is 13.6 Å². The van der Waals surface area contributed by atoms with Crippen LogP contribution in [0.5, 0.6) is 0 Å². The maximum Gasteiger partial charge on any atom is 0.433 e. The second kappa shape index (κ2) is 10.6. The molecule has 0 bridgehead atoms. The van der Waals surface area contributed by atoms with E-state index in [4.69, 9.17) is 11.6 Å². The molecule has 168 valence electrons. The number of hydrogen-bond acceptors (Lipinski definition) is 3. The first kappa shape index (κ1) is 23.8. The van der Waals surface area contributed by atoms with Gasteiger partial charge in [-0.25, -0.2) is 0 Å². The minimum absolute atomic E-state index is 0.174. The number of halogens is 4. The lowest BCUT2D eigenvalue weighted by Crippen LogP contribution is -2.36. The van der Waals surface area contributed by atoms with Gasteiger partial charge >= 0.3 is 6.18 Å². The van der Waals surface area contributed by atoms with E-state index >= 15 is 0 Å². The molecule has 8 heteroatoms. The highest BCUT2D eigenvalue weighted by atomic mass is 35.5. The van der Waals surface area contributed by atoms with Gasteiger partial charge in [0.1, 0.15) is 11.7 Å². The summed E-state index contributed by atoms with van der Waals surface area (Å²) < 4.78 is 38.8. The Balaban J connectivity index is 1.82. The number of nitrogens with one attached hydrogen (secondary N) is 2. The zero-order chi connectivity index (χ0) is 23.1. The summed E-state index contributed by atoms with van der Waals surface area (Å²) >= 11 is 6.15. The van der Waals surface area contributed by atoms with Gasteiger partial charge < -0.3 is 10.6 Å². The molecule has 0 spiro atoms. The van der Waals surface area contributed by atoms with Crippen molar-refractivity contribution < 1.29 is 18.0 Å². The van der Waals surface area contributed by atoms with Gasteiger partial charge in [0.05, 0.1) is 0 Å². The minimum Gasteiger partial charge on any atom is -0.358 e. The van der Waals surface area contributed by atoms with Gasteiger partial charge in [-0.2, -0.15) is 13.2 Å². The molecule has 0 saturated heterocycles. The molecule has 32 heavy (non-hydrogen) atoms. The zero-order valence-corrected chi connectivity index (χ0v) is 18.1. The van der Waals surface area contributed by atoms with Crippen LogP contribution in [0, 0.1) is 0 Å². The van der Waals surface area contributed by atoms with Crippen LogP contribution in [0.3, 0.4) is 0 Å². The van der Waals surface area contributed by atoms with Crippen molar-refractivity contribution in [1.82, 2.24) is 15.6 Å². The van der Waals surface area contributed by atoms with Gasteiger partial charge in [-0.3, -0.25) is 9.78 Å². The van der Waals surface area contributed by atoms with Crippen LogP contribution in [0.15, 0.2) is 72.9 Å². The number of nitrogens with zero attached hydrogens (tertiary/aromatic N) is 1. The van der Waals surface area contributed by atoms with Crippen molar-refractivity contribution in [2.24, 2.45) is 0 Å². The van der Waals surface area contributed by atoms with E-state index in [1.54, 1.807) is 25.2 Å². The van der Waals surface area contributed by atoms with Gasteiger partial charge in [0.15, 0.2) is 0 Å². The topological polar surface area (TPSA) is 54.0 Å². The highest BCUT2D eigenvalue weighted by Gasteiger charge is 2.32. The minimum atomic E-state index is -4.50. The first-order chi connectivity index (χ1) is 15.3. The number of benzene rings is 2. The molecule has 3 rings (SSSR count). The smallest absolute Gasteiger partial charge is 0.358 e. The highest BCUT2D eigenvalue weighted by Crippen LogP contribution is 2.32. The Bertz CT molecular complexity index is 1030. The molecule has 2 atom stereocenters. The Morgan fingerprint density at radius 3 is 2.31 bits per heavy atom. The normalized spacial score (nSPS) is 13.4. The SMILES string of the molecule is CNC(=O)[C@H](NCC[C@H](c1ccc(C(F)(F)F)nc1)c1cccc(Cl)c1)c1ccccc1. The van der Waals surface area contributed by atoms with Crippen LogP contribution in [0.4, 0.5) is 13.2 Å². The number of likely N-dealkylation sites (N-methyl/N-ethyl adjacent to an activating group) is 1. The molecule has 2 N–H and O–H groups in total. The lowest BCUT2D eigenvalue weighted by molar-refractivity contribution is -0.141. The number of carbonyl (C=O) groups is 1. The summed E-state index contributed by atoms with van der Waals surface area (Å²) in [6, 6.07) is 18.4. The molecular weight excluding hydrogens is 439 g/mol. The van der Waals surface area contributed by atoms with E-state index in [-0.39, 0.29) is 11.8 Å². The van der Waals surface area contributed by atoms with Crippen LogP contribution >= 0.6 is 11.6 Å². The summed E-state index contributed by atoms with van der Waals surface area (Å²) in [5, 5.41) is 6.45. The van der Waals surface area contributed by atoms with E-state index in [9.17, 15) is 18.0 Å². The molecule has 4 nitrogen and oxygen atoms in total. The first-order valence-electron chi connectivity index (χ1n) is 10.1. The fourth-order valence-corrected chi connectivity index (χ4v) is 3.75. The van der Waals surface area contributed by atoms with Crippen LogP contribution < -0.4 is 10.6 Å². The molecule has 1 aromatic heterocycles. The van der Waals surface area contributed by atoms with Crippen molar-refractivity contribution in [1.29, 1.82) is 0 Å². The molecule has 0 fully saturated rings. The quantitative estimate of drug-likeness (QED) is 0.475. The largest absolute Gasteiger partial charge is 0.433 e. The van der Waals surface area contributed by atoms with Crippen LogP contribution in [0.2, 0.25) is 5.02 Å². The van der Waals surface area contributed by atoms with Crippen LogP contribution in [-0.2, 0) is 11.0 Å². The third-order valence-corrected chi connectivity index (χ3v) is 5.39. The van der Waals surface area contributed by atoms with Gasteiger partial charge in [0.2, 0.25) is 5.91 Å². The lowest BCUT2D eigenvalue weighted by atomic mass is 9.89. The van der Waals surface area contributed by atoms with Gasteiger partial charge in [-0.1, -0.05) is 60.1 Å². The number of carbonyl (C=O) groups excluding carboxylic acids is 1. The predicted molar refractivity (Wildman–Crippen MR) is 118 cm³/mol. The molecule has 0 aliphatic heterocycles. The fraction of sp³-hybridized carbons (Fsp3) is 0.250. The number of hydrogen-bond donors (Lipinski definition) is 2. The Hall–Kier alpha value is -2.90. The van der Waals surface area contributed by atoms with Gasteiger partial charge in [0.25, 0.3) is 0 Å². The van der Waals surface area contributed by atoms with E-state index in [0.717, 1.165) is 17.2 Å². The Kier molecular flexibility index (Phi) is 7.88. The lowest BCUT2D eigenvalue weighted by Gasteiger charge is -2.22. The molecule has 0 radical (unpaired) electrons. The van der Waals surface area contributed by atoms with Crippen LogP contribution in [-0.4, -0.2) is 24.5 Å². The van der Waals surface area contributed by atoms with Crippen molar-refractivity contribution in [3.05, 3.63) is 100 Å². The second-order valence-electron chi connectivity index (χ2n) is 7.28. The molecular formula is C24H23ClF3N3O. The van der Waals surface area contributed by atoms with Crippen molar-refractivity contribution >= 4 is 17.5 Å². The second-order valence-corrected chi connectivity index (χ2v) is 7.72. The monoisotopic (exact) mass is 461 g/mol. The molecule has 0 saturated carbocycles. The third kappa shape index (κ3) is 6.08. The van der Waals surface area contributed by atoms with Crippen LogP contribution in [0.25, 0.3) is 0 Å². The maximum absolute atomic E-state index is 12.9. The summed E-state index contributed by atoms with van der Waals surface area (Å²) in [5.74, 6) is -0.427.